The standard InChI is InChI=1S/C14H13BrF2N2/c15-12-4-1-3-11(7-12)13(8-14(16,17)9-13)10-19-6-2-5-18-19/h1-7H,8-10H2. The first kappa shape index (κ1) is 12.8. The molecule has 19 heavy (non-hydrogen) atoms. The number of rotatable bonds is 3. The SMILES string of the molecule is FC1(F)CC(Cn2cccn2)(c2cccc(Br)c2)C1. The molecule has 0 aliphatic heterocycles. The lowest BCUT2D eigenvalue weighted by Crippen LogP contribution is -2.51. The van der Waals surface area contributed by atoms with Crippen molar-refractivity contribution >= 4 is 15.9 Å². The van der Waals surface area contributed by atoms with E-state index in [2.05, 4.69) is 21.0 Å². The summed E-state index contributed by atoms with van der Waals surface area (Å²) in [5.41, 5.74) is 0.433. The van der Waals surface area contributed by atoms with Crippen LogP contribution in [0.2, 0.25) is 0 Å². The van der Waals surface area contributed by atoms with Crippen molar-refractivity contribution in [1.82, 2.24) is 9.78 Å². The molecule has 100 valence electrons. The largest absolute Gasteiger partial charge is 0.272 e. The van der Waals surface area contributed by atoms with E-state index in [0.717, 1.165) is 10.0 Å². The molecule has 0 bridgehead atoms. The lowest BCUT2D eigenvalue weighted by molar-refractivity contribution is -0.132. The molecule has 1 aliphatic rings. The Morgan fingerprint density at radius 3 is 2.63 bits per heavy atom. The predicted molar refractivity (Wildman–Crippen MR) is 72.2 cm³/mol. The maximum atomic E-state index is 13.4. The van der Waals surface area contributed by atoms with E-state index in [-0.39, 0.29) is 12.8 Å². The second kappa shape index (κ2) is 4.40. The maximum absolute atomic E-state index is 13.4. The molecular formula is C14H13BrF2N2. The average Bonchev–Trinajstić information content (AvgIpc) is 2.79. The van der Waals surface area contributed by atoms with Crippen molar-refractivity contribution in [2.45, 2.75) is 30.7 Å². The van der Waals surface area contributed by atoms with Crippen LogP contribution < -0.4 is 0 Å². The van der Waals surface area contributed by atoms with Gasteiger partial charge in [-0.15, -0.1) is 0 Å². The molecule has 0 atom stereocenters. The van der Waals surface area contributed by atoms with Crippen LogP contribution in [0.15, 0.2) is 47.2 Å². The number of hydrogen-bond acceptors (Lipinski definition) is 1. The Hall–Kier alpha value is -1.23. The molecule has 1 aromatic carbocycles. The lowest BCUT2D eigenvalue weighted by atomic mass is 9.62. The second-order valence-corrected chi connectivity index (χ2v) is 6.12. The third kappa shape index (κ3) is 2.43. The minimum atomic E-state index is -2.56. The zero-order valence-corrected chi connectivity index (χ0v) is 11.8. The van der Waals surface area contributed by atoms with Gasteiger partial charge in [-0.25, -0.2) is 8.78 Å². The third-order valence-corrected chi connectivity index (χ3v) is 4.15. The molecule has 1 saturated carbocycles. The zero-order chi connectivity index (χ0) is 13.5. The van der Waals surface area contributed by atoms with E-state index < -0.39 is 11.3 Å². The molecule has 0 spiro atoms. The Bertz CT molecular complexity index is 573. The monoisotopic (exact) mass is 326 g/mol. The van der Waals surface area contributed by atoms with Crippen molar-refractivity contribution < 1.29 is 8.78 Å². The van der Waals surface area contributed by atoms with E-state index in [0.29, 0.717) is 6.54 Å². The van der Waals surface area contributed by atoms with Gasteiger partial charge in [0.1, 0.15) is 0 Å². The number of benzene rings is 1. The molecule has 0 amide bonds. The highest BCUT2D eigenvalue weighted by Crippen LogP contribution is 2.54. The fourth-order valence-electron chi connectivity index (χ4n) is 2.87. The van der Waals surface area contributed by atoms with Crippen LogP contribution in [0, 0.1) is 0 Å². The van der Waals surface area contributed by atoms with Gasteiger partial charge < -0.3 is 0 Å². The summed E-state index contributed by atoms with van der Waals surface area (Å²) in [6.07, 6.45) is 3.26. The lowest BCUT2D eigenvalue weighted by Gasteiger charge is -2.47. The first-order valence-corrected chi connectivity index (χ1v) is 6.90. The molecule has 3 rings (SSSR count). The van der Waals surface area contributed by atoms with Crippen LogP contribution in [0.4, 0.5) is 8.78 Å². The fraction of sp³-hybridized carbons (Fsp3) is 0.357. The summed E-state index contributed by atoms with van der Waals surface area (Å²) in [5, 5.41) is 4.14. The van der Waals surface area contributed by atoms with Gasteiger partial charge in [-0.1, -0.05) is 28.1 Å². The highest BCUT2D eigenvalue weighted by molar-refractivity contribution is 9.10. The Balaban J connectivity index is 1.94. The number of halogens is 3. The number of nitrogens with zero attached hydrogens (tertiary/aromatic N) is 2. The van der Waals surface area contributed by atoms with Crippen LogP contribution in [-0.2, 0) is 12.0 Å². The van der Waals surface area contributed by atoms with Crippen molar-refractivity contribution in [1.29, 1.82) is 0 Å². The Morgan fingerprint density at radius 2 is 2.05 bits per heavy atom. The van der Waals surface area contributed by atoms with Crippen molar-refractivity contribution in [3.8, 4) is 0 Å². The van der Waals surface area contributed by atoms with Gasteiger partial charge in [-0.2, -0.15) is 5.10 Å². The summed E-state index contributed by atoms with van der Waals surface area (Å²) < 4.78 is 29.5. The smallest absolute Gasteiger partial charge is 0.250 e. The van der Waals surface area contributed by atoms with Gasteiger partial charge in [0.2, 0.25) is 5.92 Å². The fourth-order valence-corrected chi connectivity index (χ4v) is 3.27. The Morgan fingerprint density at radius 1 is 1.26 bits per heavy atom. The molecule has 2 aromatic rings. The molecule has 0 unspecified atom stereocenters. The van der Waals surface area contributed by atoms with Crippen LogP contribution in [0.25, 0.3) is 0 Å². The molecule has 0 radical (unpaired) electrons. The van der Waals surface area contributed by atoms with E-state index >= 15 is 0 Å². The zero-order valence-electron chi connectivity index (χ0n) is 10.2. The summed E-state index contributed by atoms with van der Waals surface area (Å²) >= 11 is 3.40. The first-order chi connectivity index (χ1) is 8.99. The van der Waals surface area contributed by atoms with E-state index in [1.807, 2.05) is 36.5 Å². The second-order valence-electron chi connectivity index (χ2n) is 5.20. The number of hydrogen-bond donors (Lipinski definition) is 0. The summed E-state index contributed by atoms with van der Waals surface area (Å²) in [7, 11) is 0. The third-order valence-electron chi connectivity index (χ3n) is 3.65. The van der Waals surface area contributed by atoms with Gasteiger partial charge in [0.15, 0.2) is 0 Å². The van der Waals surface area contributed by atoms with Crippen molar-refractivity contribution in [3.63, 3.8) is 0 Å². The average molecular weight is 327 g/mol. The molecule has 1 aliphatic carbocycles. The molecule has 1 aromatic heterocycles. The maximum Gasteiger partial charge on any atom is 0.250 e. The van der Waals surface area contributed by atoms with Crippen LogP contribution in [0.1, 0.15) is 18.4 Å². The molecule has 1 fully saturated rings. The van der Waals surface area contributed by atoms with Crippen LogP contribution in [0.3, 0.4) is 0 Å². The van der Waals surface area contributed by atoms with E-state index in [1.54, 1.807) is 10.9 Å². The summed E-state index contributed by atoms with van der Waals surface area (Å²) in [6.45, 7) is 0.492. The minimum Gasteiger partial charge on any atom is -0.272 e. The van der Waals surface area contributed by atoms with Crippen molar-refractivity contribution in [2.24, 2.45) is 0 Å². The summed E-state index contributed by atoms with van der Waals surface area (Å²) in [6, 6.07) is 9.45. The summed E-state index contributed by atoms with van der Waals surface area (Å²) in [5.74, 6) is -2.56. The Kier molecular flexibility index (Phi) is 2.96. The first-order valence-electron chi connectivity index (χ1n) is 6.11. The number of aromatic nitrogens is 2. The molecule has 5 heteroatoms. The van der Waals surface area contributed by atoms with E-state index in [4.69, 9.17) is 0 Å². The van der Waals surface area contributed by atoms with Crippen LogP contribution in [0.5, 0.6) is 0 Å². The topological polar surface area (TPSA) is 17.8 Å². The van der Waals surface area contributed by atoms with Gasteiger partial charge >= 0.3 is 0 Å². The van der Waals surface area contributed by atoms with Gasteiger partial charge in [0.05, 0.1) is 6.54 Å². The van der Waals surface area contributed by atoms with Crippen molar-refractivity contribution in [2.75, 3.05) is 0 Å². The van der Waals surface area contributed by atoms with E-state index in [1.165, 1.54) is 0 Å². The quantitative estimate of drug-likeness (QED) is 0.833. The van der Waals surface area contributed by atoms with Gasteiger partial charge in [0.25, 0.3) is 0 Å². The summed E-state index contributed by atoms with van der Waals surface area (Å²) in [4.78, 5) is 0. The van der Waals surface area contributed by atoms with Crippen LogP contribution in [-0.4, -0.2) is 15.7 Å². The molecular weight excluding hydrogens is 314 g/mol. The minimum absolute atomic E-state index is 0.115. The normalized spacial score (nSPS) is 19.9. The van der Waals surface area contributed by atoms with Gasteiger partial charge in [-0.05, 0) is 23.8 Å². The van der Waals surface area contributed by atoms with Crippen LogP contribution >= 0.6 is 15.9 Å². The molecule has 0 N–H and O–H groups in total. The van der Waals surface area contributed by atoms with Gasteiger partial charge in [-0.3, -0.25) is 4.68 Å². The molecule has 2 nitrogen and oxygen atoms in total. The van der Waals surface area contributed by atoms with E-state index in [9.17, 15) is 8.78 Å². The van der Waals surface area contributed by atoms with Crippen molar-refractivity contribution in [3.05, 3.63) is 52.8 Å². The van der Waals surface area contributed by atoms with Gasteiger partial charge in [0, 0.05) is 35.1 Å². The number of alkyl halides is 2. The molecule has 0 saturated heterocycles. The Labute approximate surface area is 118 Å². The highest BCUT2D eigenvalue weighted by Gasteiger charge is 2.57. The highest BCUT2D eigenvalue weighted by atomic mass is 79.9. The predicted octanol–water partition coefficient (Wildman–Crippen LogP) is 4.01. The molecule has 1 heterocycles.